The predicted molar refractivity (Wildman–Crippen MR) is 74.2 cm³/mol. The molecule has 0 radical (unpaired) electrons. The Labute approximate surface area is 112 Å². The molecule has 3 nitrogen and oxygen atoms in total. The summed E-state index contributed by atoms with van der Waals surface area (Å²) >= 11 is 0. The van der Waals surface area contributed by atoms with Crippen LogP contribution in [-0.4, -0.2) is 36.6 Å². The molecule has 18 heavy (non-hydrogen) atoms. The van der Waals surface area contributed by atoms with Gasteiger partial charge in [0.05, 0.1) is 6.07 Å². The molecule has 0 aromatic carbocycles. The van der Waals surface area contributed by atoms with E-state index in [-0.39, 0.29) is 5.54 Å². The topological polar surface area (TPSA) is 39.1 Å². The standard InChI is InChI=1S/C15H27N3/c1-12-7-13(2)10-18(9-12)14-5-4-6-15(8-14,11-16)17-3/h12-14,17H,4-10H2,1-3H3. The van der Waals surface area contributed by atoms with E-state index in [1.165, 1.54) is 32.4 Å². The summed E-state index contributed by atoms with van der Waals surface area (Å²) in [4.78, 5) is 2.65. The Hall–Kier alpha value is -0.590. The summed E-state index contributed by atoms with van der Waals surface area (Å²) in [5.74, 6) is 1.61. The second-order valence-corrected chi connectivity index (χ2v) is 6.59. The molecule has 0 bridgehead atoms. The molecule has 1 saturated heterocycles. The van der Waals surface area contributed by atoms with Crippen molar-refractivity contribution in [3.8, 4) is 6.07 Å². The third-order valence-electron chi connectivity index (χ3n) is 4.83. The summed E-state index contributed by atoms with van der Waals surface area (Å²) < 4.78 is 0. The Kier molecular flexibility index (Phi) is 4.29. The van der Waals surface area contributed by atoms with Gasteiger partial charge < -0.3 is 5.32 Å². The molecule has 2 aliphatic rings. The van der Waals surface area contributed by atoms with Gasteiger partial charge in [-0.25, -0.2) is 0 Å². The molecule has 0 aromatic heterocycles. The normalized spacial score (nSPS) is 42.4. The minimum Gasteiger partial charge on any atom is -0.302 e. The fourth-order valence-electron chi connectivity index (χ4n) is 3.95. The molecule has 1 saturated carbocycles. The van der Waals surface area contributed by atoms with E-state index in [1.807, 2.05) is 7.05 Å². The van der Waals surface area contributed by atoms with E-state index in [9.17, 15) is 5.26 Å². The molecule has 3 heteroatoms. The van der Waals surface area contributed by atoms with Crippen LogP contribution in [0.2, 0.25) is 0 Å². The van der Waals surface area contributed by atoms with Crippen molar-refractivity contribution in [2.24, 2.45) is 11.8 Å². The van der Waals surface area contributed by atoms with Crippen LogP contribution in [0.1, 0.15) is 46.0 Å². The van der Waals surface area contributed by atoms with E-state index < -0.39 is 0 Å². The van der Waals surface area contributed by atoms with Crippen LogP contribution < -0.4 is 5.32 Å². The second-order valence-electron chi connectivity index (χ2n) is 6.59. The molecule has 1 aliphatic carbocycles. The zero-order valence-electron chi connectivity index (χ0n) is 12.1. The van der Waals surface area contributed by atoms with Crippen LogP contribution in [0.15, 0.2) is 0 Å². The quantitative estimate of drug-likeness (QED) is 0.816. The third-order valence-corrected chi connectivity index (χ3v) is 4.83. The number of nitrogens with one attached hydrogen (secondary N) is 1. The smallest absolute Gasteiger partial charge is 0.108 e. The van der Waals surface area contributed by atoms with E-state index in [2.05, 4.69) is 30.1 Å². The summed E-state index contributed by atoms with van der Waals surface area (Å²) in [6.45, 7) is 7.17. The van der Waals surface area contributed by atoms with Crippen molar-refractivity contribution in [1.29, 1.82) is 5.26 Å². The first-order valence-electron chi connectivity index (χ1n) is 7.43. The summed E-state index contributed by atoms with van der Waals surface area (Å²) in [6, 6.07) is 3.13. The molecule has 1 N–H and O–H groups in total. The van der Waals surface area contributed by atoms with Crippen molar-refractivity contribution in [2.75, 3.05) is 20.1 Å². The lowest BCUT2D eigenvalue weighted by molar-refractivity contribution is 0.0595. The zero-order valence-corrected chi connectivity index (χ0v) is 12.1. The van der Waals surface area contributed by atoms with E-state index in [1.54, 1.807) is 0 Å². The molecule has 1 heterocycles. The molecule has 0 spiro atoms. The van der Waals surface area contributed by atoms with Gasteiger partial charge in [-0.15, -0.1) is 0 Å². The van der Waals surface area contributed by atoms with Crippen LogP contribution >= 0.6 is 0 Å². The minimum absolute atomic E-state index is 0.271. The monoisotopic (exact) mass is 249 g/mol. The highest BCUT2D eigenvalue weighted by Crippen LogP contribution is 2.33. The highest BCUT2D eigenvalue weighted by Gasteiger charge is 2.38. The van der Waals surface area contributed by atoms with Gasteiger partial charge >= 0.3 is 0 Å². The van der Waals surface area contributed by atoms with Gasteiger partial charge in [0, 0.05) is 19.1 Å². The van der Waals surface area contributed by atoms with Crippen molar-refractivity contribution in [3.05, 3.63) is 0 Å². The van der Waals surface area contributed by atoms with Crippen LogP contribution in [0.4, 0.5) is 0 Å². The zero-order chi connectivity index (χ0) is 13.2. The second kappa shape index (κ2) is 5.59. The van der Waals surface area contributed by atoms with Crippen molar-refractivity contribution in [2.45, 2.75) is 57.5 Å². The lowest BCUT2D eigenvalue weighted by Gasteiger charge is -2.45. The van der Waals surface area contributed by atoms with Gasteiger partial charge in [-0.1, -0.05) is 13.8 Å². The molecule has 4 unspecified atom stereocenters. The van der Waals surface area contributed by atoms with Crippen LogP contribution in [0.3, 0.4) is 0 Å². The van der Waals surface area contributed by atoms with Crippen LogP contribution in [-0.2, 0) is 0 Å². The van der Waals surface area contributed by atoms with Crippen molar-refractivity contribution in [3.63, 3.8) is 0 Å². The Balaban J connectivity index is 2.02. The van der Waals surface area contributed by atoms with E-state index >= 15 is 0 Å². The first kappa shape index (κ1) is 13.8. The van der Waals surface area contributed by atoms with Crippen molar-refractivity contribution >= 4 is 0 Å². The van der Waals surface area contributed by atoms with Gasteiger partial charge in [-0.2, -0.15) is 5.26 Å². The molecular weight excluding hydrogens is 222 g/mol. The molecule has 0 aromatic rings. The average Bonchev–Trinajstić information content (AvgIpc) is 2.37. The van der Waals surface area contributed by atoms with Gasteiger partial charge in [0.15, 0.2) is 0 Å². The molecule has 1 aliphatic heterocycles. The average molecular weight is 249 g/mol. The summed E-state index contributed by atoms with van der Waals surface area (Å²) in [5, 5.41) is 12.7. The molecule has 2 fully saturated rings. The fourth-order valence-corrected chi connectivity index (χ4v) is 3.95. The molecule has 0 amide bonds. The van der Waals surface area contributed by atoms with Crippen LogP contribution in [0.5, 0.6) is 0 Å². The summed E-state index contributed by atoms with van der Waals surface area (Å²) in [5.41, 5.74) is -0.271. The SMILES string of the molecule is CNC1(C#N)CCCC(N2CC(C)CC(C)C2)C1. The Morgan fingerprint density at radius 2 is 1.94 bits per heavy atom. The number of nitrogens with zero attached hydrogens (tertiary/aromatic N) is 2. The van der Waals surface area contributed by atoms with Gasteiger partial charge in [-0.3, -0.25) is 4.90 Å². The largest absolute Gasteiger partial charge is 0.302 e. The van der Waals surface area contributed by atoms with Crippen LogP contribution in [0.25, 0.3) is 0 Å². The number of piperidine rings is 1. The minimum atomic E-state index is -0.271. The molecular formula is C15H27N3. The van der Waals surface area contributed by atoms with E-state index in [0.717, 1.165) is 24.7 Å². The maximum atomic E-state index is 9.43. The maximum Gasteiger partial charge on any atom is 0.108 e. The van der Waals surface area contributed by atoms with Crippen LogP contribution in [0, 0.1) is 23.2 Å². The first-order chi connectivity index (χ1) is 8.58. The number of nitriles is 1. The Morgan fingerprint density at radius 1 is 1.28 bits per heavy atom. The Bertz CT molecular complexity index is 312. The Morgan fingerprint density at radius 3 is 2.50 bits per heavy atom. The number of hydrogen-bond donors (Lipinski definition) is 1. The van der Waals surface area contributed by atoms with Crippen molar-refractivity contribution in [1.82, 2.24) is 10.2 Å². The summed E-state index contributed by atoms with van der Waals surface area (Å²) in [6.07, 6.45) is 5.82. The lowest BCUT2D eigenvalue weighted by atomic mass is 9.78. The summed E-state index contributed by atoms with van der Waals surface area (Å²) in [7, 11) is 1.94. The molecule has 2 rings (SSSR count). The van der Waals surface area contributed by atoms with Gasteiger partial charge in [0.2, 0.25) is 0 Å². The first-order valence-corrected chi connectivity index (χ1v) is 7.43. The number of hydrogen-bond acceptors (Lipinski definition) is 3. The van der Waals surface area contributed by atoms with Gasteiger partial charge in [-0.05, 0) is 51.0 Å². The fraction of sp³-hybridized carbons (Fsp3) is 0.933. The maximum absolute atomic E-state index is 9.43. The third kappa shape index (κ3) is 2.87. The van der Waals surface area contributed by atoms with Gasteiger partial charge in [0.1, 0.15) is 5.54 Å². The van der Waals surface area contributed by atoms with Gasteiger partial charge in [0.25, 0.3) is 0 Å². The predicted octanol–water partition coefficient (Wildman–Crippen LogP) is 2.39. The lowest BCUT2D eigenvalue weighted by Crippen LogP contribution is -2.54. The van der Waals surface area contributed by atoms with E-state index in [4.69, 9.17) is 0 Å². The number of likely N-dealkylation sites (tertiary alicyclic amines) is 1. The highest BCUT2D eigenvalue weighted by atomic mass is 15.2. The van der Waals surface area contributed by atoms with Crippen molar-refractivity contribution < 1.29 is 0 Å². The molecule has 4 atom stereocenters. The molecule has 102 valence electrons. The number of rotatable bonds is 2. The van der Waals surface area contributed by atoms with E-state index in [0.29, 0.717) is 6.04 Å². The highest BCUT2D eigenvalue weighted by molar-refractivity contribution is 5.10.